The fourth-order valence-electron chi connectivity index (χ4n) is 5.72. The van der Waals surface area contributed by atoms with Gasteiger partial charge in [0.05, 0.1) is 11.4 Å². The molecular weight excluding hydrogens is 490 g/mol. The number of nitrogens with zero attached hydrogens (tertiary/aromatic N) is 1. The maximum atomic E-state index is 6.30. The molecule has 6 aromatic carbocycles. The molecule has 3 heteroatoms. The minimum Gasteiger partial charge on any atom is -0.456 e. The molecule has 0 unspecified atom stereocenters. The molecule has 0 atom stereocenters. The second-order valence-corrected chi connectivity index (χ2v) is 10.2. The summed E-state index contributed by atoms with van der Waals surface area (Å²) < 4.78 is 12.3. The van der Waals surface area contributed by atoms with Crippen LogP contribution in [-0.2, 0) is 6.42 Å². The average Bonchev–Trinajstić information content (AvgIpc) is 3.39. The van der Waals surface area contributed by atoms with E-state index in [4.69, 9.17) is 9.15 Å². The molecule has 0 aliphatic carbocycles. The standard InChI is InChI=1S/C37H25NO2/c1-2-8-29(9-3-1)38-32-11-5-7-13-36(32)40-37-20-16-26(23-33(37)38)22-25-14-17-27(18-15-25)28-19-21-35-31(24-28)30-10-4-6-12-34(30)39-35/h1-21,23-24H,22H2. The van der Waals surface area contributed by atoms with Crippen LogP contribution in [0, 0.1) is 0 Å². The third kappa shape index (κ3) is 3.83. The zero-order chi connectivity index (χ0) is 26.5. The van der Waals surface area contributed by atoms with Crippen LogP contribution in [0.1, 0.15) is 11.1 Å². The van der Waals surface area contributed by atoms with E-state index in [2.05, 4.69) is 114 Å². The van der Waals surface area contributed by atoms with Gasteiger partial charge in [-0.05, 0) is 83.3 Å². The van der Waals surface area contributed by atoms with Crippen molar-refractivity contribution in [1.29, 1.82) is 0 Å². The highest BCUT2D eigenvalue weighted by Gasteiger charge is 2.25. The zero-order valence-corrected chi connectivity index (χ0v) is 21.7. The van der Waals surface area contributed by atoms with Crippen LogP contribution in [0.2, 0.25) is 0 Å². The Bertz CT molecular complexity index is 2000. The summed E-state index contributed by atoms with van der Waals surface area (Å²) in [5, 5.41) is 2.30. The van der Waals surface area contributed by atoms with Gasteiger partial charge in [-0.15, -0.1) is 0 Å². The van der Waals surface area contributed by atoms with Crippen molar-refractivity contribution in [2.45, 2.75) is 6.42 Å². The summed E-state index contributed by atoms with van der Waals surface area (Å²) in [5.41, 5.74) is 9.95. The molecule has 0 spiro atoms. The van der Waals surface area contributed by atoms with E-state index in [1.807, 2.05) is 30.3 Å². The van der Waals surface area contributed by atoms with Crippen LogP contribution in [0.25, 0.3) is 33.1 Å². The quantitative estimate of drug-likeness (QED) is 0.233. The third-order valence-electron chi connectivity index (χ3n) is 7.68. The smallest absolute Gasteiger partial charge is 0.151 e. The fourth-order valence-corrected chi connectivity index (χ4v) is 5.72. The Morgan fingerprint density at radius 2 is 1.18 bits per heavy atom. The Kier molecular flexibility index (Phi) is 5.20. The number of ether oxygens (including phenoxy) is 1. The van der Waals surface area contributed by atoms with E-state index in [-0.39, 0.29) is 0 Å². The first-order valence-electron chi connectivity index (χ1n) is 13.6. The van der Waals surface area contributed by atoms with Crippen LogP contribution >= 0.6 is 0 Å². The summed E-state index contributed by atoms with van der Waals surface area (Å²) in [6.07, 6.45) is 0.837. The van der Waals surface area contributed by atoms with E-state index in [1.54, 1.807) is 0 Å². The Balaban J connectivity index is 1.11. The molecule has 8 rings (SSSR count). The molecule has 1 aromatic heterocycles. The number of anilines is 3. The van der Waals surface area contributed by atoms with E-state index in [9.17, 15) is 0 Å². The van der Waals surface area contributed by atoms with Crippen molar-refractivity contribution in [2.24, 2.45) is 0 Å². The highest BCUT2D eigenvalue weighted by molar-refractivity contribution is 6.06. The Morgan fingerprint density at radius 1 is 0.475 bits per heavy atom. The molecule has 0 saturated carbocycles. The van der Waals surface area contributed by atoms with E-state index in [0.717, 1.165) is 56.9 Å². The van der Waals surface area contributed by atoms with Crippen molar-refractivity contribution >= 4 is 39.0 Å². The normalized spacial score (nSPS) is 12.2. The number of fused-ring (bicyclic) bond motifs is 5. The summed E-state index contributed by atoms with van der Waals surface area (Å²) in [7, 11) is 0. The summed E-state index contributed by atoms with van der Waals surface area (Å²) in [6, 6.07) is 48.7. The monoisotopic (exact) mass is 515 g/mol. The molecule has 0 N–H and O–H groups in total. The Hall–Kier alpha value is -5.28. The predicted molar refractivity (Wildman–Crippen MR) is 163 cm³/mol. The topological polar surface area (TPSA) is 25.6 Å². The lowest BCUT2D eigenvalue weighted by molar-refractivity contribution is 0.477. The van der Waals surface area contributed by atoms with Crippen LogP contribution in [0.5, 0.6) is 11.5 Å². The fraction of sp³-hybridized carbons (Fsp3) is 0.0270. The van der Waals surface area contributed by atoms with Gasteiger partial charge < -0.3 is 14.1 Å². The highest BCUT2D eigenvalue weighted by atomic mass is 16.5. The Labute approximate surface area is 232 Å². The number of furan rings is 1. The molecular formula is C37H25NO2. The summed E-state index contributed by atoms with van der Waals surface area (Å²) in [5.74, 6) is 1.73. The second-order valence-electron chi connectivity index (χ2n) is 10.2. The van der Waals surface area contributed by atoms with Gasteiger partial charge in [0.15, 0.2) is 11.5 Å². The number of hydrogen-bond donors (Lipinski definition) is 0. The predicted octanol–water partition coefficient (Wildman–Crippen LogP) is 10.4. The van der Waals surface area contributed by atoms with Gasteiger partial charge in [-0.1, -0.05) is 84.9 Å². The maximum Gasteiger partial charge on any atom is 0.151 e. The van der Waals surface area contributed by atoms with Gasteiger partial charge in [-0.25, -0.2) is 0 Å². The van der Waals surface area contributed by atoms with Crippen molar-refractivity contribution in [2.75, 3.05) is 4.90 Å². The molecule has 40 heavy (non-hydrogen) atoms. The van der Waals surface area contributed by atoms with E-state index < -0.39 is 0 Å². The van der Waals surface area contributed by atoms with Crippen LogP contribution in [0.3, 0.4) is 0 Å². The highest BCUT2D eigenvalue weighted by Crippen LogP contribution is 2.50. The first-order valence-corrected chi connectivity index (χ1v) is 13.6. The van der Waals surface area contributed by atoms with Gasteiger partial charge in [0.25, 0.3) is 0 Å². The number of benzene rings is 6. The van der Waals surface area contributed by atoms with Gasteiger partial charge in [0.1, 0.15) is 11.2 Å². The molecule has 0 saturated heterocycles. The molecule has 3 nitrogen and oxygen atoms in total. The van der Waals surface area contributed by atoms with Crippen molar-refractivity contribution in [3.05, 3.63) is 151 Å². The first kappa shape index (κ1) is 22.7. The van der Waals surface area contributed by atoms with Crippen molar-refractivity contribution in [1.82, 2.24) is 0 Å². The lowest BCUT2D eigenvalue weighted by Gasteiger charge is -2.33. The van der Waals surface area contributed by atoms with Crippen LogP contribution in [0.4, 0.5) is 17.1 Å². The van der Waals surface area contributed by atoms with Gasteiger partial charge >= 0.3 is 0 Å². The summed E-state index contributed by atoms with van der Waals surface area (Å²) in [6.45, 7) is 0. The molecule has 1 aliphatic heterocycles. The largest absolute Gasteiger partial charge is 0.456 e. The maximum absolute atomic E-state index is 6.30. The molecule has 1 aliphatic rings. The molecule has 0 amide bonds. The second kappa shape index (κ2) is 9.18. The van der Waals surface area contributed by atoms with Crippen molar-refractivity contribution in [3.8, 4) is 22.6 Å². The van der Waals surface area contributed by atoms with Crippen LogP contribution in [0.15, 0.2) is 144 Å². The zero-order valence-electron chi connectivity index (χ0n) is 21.7. The van der Waals surface area contributed by atoms with Crippen LogP contribution in [-0.4, -0.2) is 0 Å². The molecule has 190 valence electrons. The number of rotatable bonds is 4. The van der Waals surface area contributed by atoms with Gasteiger partial charge in [0, 0.05) is 16.5 Å². The lowest BCUT2D eigenvalue weighted by atomic mass is 9.98. The number of hydrogen-bond acceptors (Lipinski definition) is 3. The van der Waals surface area contributed by atoms with Crippen molar-refractivity contribution < 1.29 is 9.15 Å². The Morgan fingerprint density at radius 3 is 2.08 bits per heavy atom. The molecule has 0 bridgehead atoms. The average molecular weight is 516 g/mol. The lowest BCUT2D eigenvalue weighted by Crippen LogP contribution is -2.16. The summed E-state index contributed by atoms with van der Waals surface area (Å²) >= 11 is 0. The van der Waals surface area contributed by atoms with Gasteiger partial charge in [-0.2, -0.15) is 0 Å². The van der Waals surface area contributed by atoms with Crippen LogP contribution < -0.4 is 9.64 Å². The van der Waals surface area contributed by atoms with Gasteiger partial charge in [-0.3, -0.25) is 0 Å². The van der Waals surface area contributed by atoms with E-state index in [0.29, 0.717) is 0 Å². The third-order valence-corrected chi connectivity index (χ3v) is 7.68. The SMILES string of the molecule is c1ccc(N2c3ccccc3Oc3ccc(Cc4ccc(-c5ccc6oc7ccccc7c6c5)cc4)cc32)cc1. The van der Waals surface area contributed by atoms with E-state index in [1.165, 1.54) is 22.3 Å². The minimum atomic E-state index is 0.837. The van der Waals surface area contributed by atoms with Gasteiger partial charge in [0.2, 0.25) is 0 Å². The molecule has 0 radical (unpaired) electrons. The minimum absolute atomic E-state index is 0.837. The van der Waals surface area contributed by atoms with Crippen molar-refractivity contribution in [3.63, 3.8) is 0 Å². The molecule has 7 aromatic rings. The molecule has 2 heterocycles. The van der Waals surface area contributed by atoms with E-state index >= 15 is 0 Å². The summed E-state index contributed by atoms with van der Waals surface area (Å²) in [4.78, 5) is 2.29. The molecule has 0 fully saturated rings. The number of para-hydroxylation sites is 4. The first-order chi connectivity index (χ1) is 19.8.